The number of aryl methyl sites for hydroxylation is 1. The topological polar surface area (TPSA) is 0 Å². The third-order valence-corrected chi connectivity index (χ3v) is 2.10. The molecule has 0 spiro atoms. The minimum absolute atomic E-state index is 0.286. The van der Waals surface area contributed by atoms with Crippen molar-refractivity contribution in [3.8, 4) is 0 Å². The Morgan fingerprint density at radius 1 is 1.25 bits per heavy atom. The fourth-order valence-corrected chi connectivity index (χ4v) is 1.37. The Morgan fingerprint density at radius 3 is 2.50 bits per heavy atom. The van der Waals surface area contributed by atoms with Crippen LogP contribution in [-0.2, 0) is 6.42 Å². The second-order valence-electron chi connectivity index (χ2n) is 3.03. The summed E-state index contributed by atoms with van der Waals surface area (Å²) in [6, 6.07) is 10.5. The van der Waals surface area contributed by atoms with Gasteiger partial charge in [-0.25, -0.2) is 0 Å². The van der Waals surface area contributed by atoms with Gasteiger partial charge in [0.1, 0.15) is 0 Å². The molecule has 1 aromatic rings. The number of hydrogen-bond donors (Lipinski definition) is 1. The minimum atomic E-state index is 0.286. The summed E-state index contributed by atoms with van der Waals surface area (Å²) in [7, 11) is 0. The van der Waals surface area contributed by atoms with Gasteiger partial charge < -0.3 is 0 Å². The van der Waals surface area contributed by atoms with Crippen molar-refractivity contribution in [3.63, 3.8) is 0 Å². The summed E-state index contributed by atoms with van der Waals surface area (Å²) in [5, 5.41) is 0.286. The van der Waals surface area contributed by atoms with Crippen molar-refractivity contribution < 1.29 is 0 Å². The van der Waals surface area contributed by atoms with Gasteiger partial charge in [0, 0.05) is 5.25 Å². The van der Waals surface area contributed by atoms with E-state index in [2.05, 4.69) is 43.8 Å². The predicted molar refractivity (Wildman–Crippen MR) is 57.5 cm³/mol. The fraction of sp³-hybridized carbons (Fsp3) is 0.364. The van der Waals surface area contributed by atoms with E-state index in [4.69, 9.17) is 0 Å². The summed E-state index contributed by atoms with van der Waals surface area (Å²) in [4.78, 5) is 0. The quantitative estimate of drug-likeness (QED) is 0.674. The van der Waals surface area contributed by atoms with Gasteiger partial charge in [-0.05, 0) is 31.7 Å². The molecule has 0 saturated heterocycles. The first kappa shape index (κ1) is 9.66. The largest absolute Gasteiger partial charge is 0.176 e. The molecule has 0 aliphatic carbocycles. The normalized spacial score (nSPS) is 12.8. The van der Waals surface area contributed by atoms with E-state index in [-0.39, 0.29) is 5.25 Å². The van der Waals surface area contributed by atoms with Crippen molar-refractivity contribution in [2.24, 2.45) is 0 Å². The van der Waals surface area contributed by atoms with E-state index in [1.54, 1.807) is 0 Å². The van der Waals surface area contributed by atoms with Gasteiger partial charge in [0.25, 0.3) is 0 Å². The molecule has 65 valence electrons. The number of thiol groups is 1. The maximum Gasteiger partial charge on any atom is 0.00173 e. The van der Waals surface area contributed by atoms with E-state index >= 15 is 0 Å². The van der Waals surface area contributed by atoms with Crippen LogP contribution in [0.25, 0.3) is 0 Å². The van der Waals surface area contributed by atoms with Crippen LogP contribution in [0.3, 0.4) is 0 Å². The molecular weight excluding hydrogens is 164 g/mol. The standard InChI is InChI=1S/C11H15S/c1-10(12)6-5-9-11-7-3-2-4-8-11/h2-4,7-8,10,12H,1,5-6,9H2. The molecule has 0 amide bonds. The molecule has 0 aliphatic rings. The Morgan fingerprint density at radius 2 is 1.92 bits per heavy atom. The maximum absolute atomic E-state index is 4.23. The zero-order valence-electron chi connectivity index (χ0n) is 7.24. The lowest BCUT2D eigenvalue weighted by atomic mass is 10.1. The average molecular weight is 179 g/mol. The monoisotopic (exact) mass is 179 g/mol. The maximum atomic E-state index is 4.23. The first-order valence-corrected chi connectivity index (χ1v) is 4.86. The van der Waals surface area contributed by atoms with Crippen LogP contribution in [0.2, 0.25) is 0 Å². The van der Waals surface area contributed by atoms with E-state index in [1.165, 1.54) is 12.0 Å². The van der Waals surface area contributed by atoms with Crippen molar-refractivity contribution in [2.45, 2.75) is 24.5 Å². The molecule has 0 bridgehead atoms. The Bertz CT molecular complexity index is 204. The predicted octanol–water partition coefficient (Wildman–Crippen LogP) is 3.14. The zero-order chi connectivity index (χ0) is 8.81. The molecule has 1 radical (unpaired) electrons. The molecule has 0 aromatic heterocycles. The lowest BCUT2D eigenvalue weighted by Crippen LogP contribution is -1.93. The van der Waals surface area contributed by atoms with Gasteiger partial charge in [-0.1, -0.05) is 30.3 Å². The molecule has 0 nitrogen and oxygen atoms in total. The Hall–Kier alpha value is -0.430. The zero-order valence-corrected chi connectivity index (χ0v) is 8.13. The smallest absolute Gasteiger partial charge is 0.00173 e. The van der Waals surface area contributed by atoms with Crippen LogP contribution in [0.4, 0.5) is 0 Å². The van der Waals surface area contributed by atoms with Crippen LogP contribution in [0.15, 0.2) is 30.3 Å². The van der Waals surface area contributed by atoms with Gasteiger partial charge in [0.15, 0.2) is 0 Å². The number of benzene rings is 1. The number of rotatable bonds is 4. The van der Waals surface area contributed by atoms with Crippen molar-refractivity contribution in [1.82, 2.24) is 0 Å². The Kier molecular flexibility index (Phi) is 4.23. The van der Waals surface area contributed by atoms with E-state index in [0.717, 1.165) is 12.8 Å². The summed E-state index contributed by atoms with van der Waals surface area (Å²) in [5.41, 5.74) is 1.41. The molecule has 1 aromatic carbocycles. The van der Waals surface area contributed by atoms with Crippen molar-refractivity contribution >= 4 is 12.6 Å². The molecule has 0 heterocycles. The molecule has 1 heteroatoms. The van der Waals surface area contributed by atoms with E-state index in [1.807, 2.05) is 6.07 Å². The van der Waals surface area contributed by atoms with Gasteiger partial charge in [-0.3, -0.25) is 0 Å². The van der Waals surface area contributed by atoms with Crippen LogP contribution < -0.4 is 0 Å². The first-order chi connectivity index (χ1) is 5.79. The fourth-order valence-electron chi connectivity index (χ4n) is 1.19. The molecule has 0 aliphatic heterocycles. The first-order valence-electron chi connectivity index (χ1n) is 4.34. The van der Waals surface area contributed by atoms with Crippen LogP contribution in [-0.4, -0.2) is 5.25 Å². The highest BCUT2D eigenvalue weighted by Gasteiger charge is 1.95. The van der Waals surface area contributed by atoms with Crippen LogP contribution in [0.5, 0.6) is 0 Å². The molecule has 0 N–H and O–H groups in total. The minimum Gasteiger partial charge on any atom is -0.176 e. The van der Waals surface area contributed by atoms with Crippen molar-refractivity contribution in [3.05, 3.63) is 42.8 Å². The van der Waals surface area contributed by atoms with Gasteiger partial charge >= 0.3 is 0 Å². The lowest BCUT2D eigenvalue weighted by Gasteiger charge is -2.03. The van der Waals surface area contributed by atoms with Crippen LogP contribution in [0, 0.1) is 6.92 Å². The average Bonchev–Trinajstić information content (AvgIpc) is 2.05. The van der Waals surface area contributed by atoms with Crippen molar-refractivity contribution in [1.29, 1.82) is 0 Å². The van der Waals surface area contributed by atoms with Gasteiger partial charge in [0.2, 0.25) is 0 Å². The molecular formula is C11H15S. The van der Waals surface area contributed by atoms with E-state index in [0.29, 0.717) is 0 Å². The highest BCUT2D eigenvalue weighted by molar-refractivity contribution is 7.81. The Balaban J connectivity index is 2.25. The molecule has 0 fully saturated rings. The summed E-state index contributed by atoms with van der Waals surface area (Å²) >= 11 is 4.23. The molecule has 1 unspecified atom stereocenters. The van der Waals surface area contributed by atoms with Crippen LogP contribution in [0.1, 0.15) is 18.4 Å². The molecule has 1 rings (SSSR count). The lowest BCUT2D eigenvalue weighted by molar-refractivity contribution is 0.758. The molecule has 0 saturated carbocycles. The molecule has 1 atom stereocenters. The van der Waals surface area contributed by atoms with Gasteiger partial charge in [-0.2, -0.15) is 12.6 Å². The third-order valence-electron chi connectivity index (χ3n) is 1.85. The van der Waals surface area contributed by atoms with E-state index in [9.17, 15) is 0 Å². The second kappa shape index (κ2) is 5.26. The van der Waals surface area contributed by atoms with Crippen LogP contribution >= 0.6 is 12.6 Å². The summed E-state index contributed by atoms with van der Waals surface area (Å²) in [6.45, 7) is 3.83. The van der Waals surface area contributed by atoms with Crippen molar-refractivity contribution in [2.75, 3.05) is 0 Å². The second-order valence-corrected chi connectivity index (χ2v) is 3.76. The summed E-state index contributed by atoms with van der Waals surface area (Å²) in [5.74, 6) is 0. The summed E-state index contributed by atoms with van der Waals surface area (Å²) < 4.78 is 0. The highest BCUT2D eigenvalue weighted by atomic mass is 32.1. The van der Waals surface area contributed by atoms with E-state index < -0.39 is 0 Å². The number of hydrogen-bond acceptors (Lipinski definition) is 1. The SMILES string of the molecule is [CH2]C(S)CCCc1ccccc1. The highest BCUT2D eigenvalue weighted by Crippen LogP contribution is 2.08. The van der Waals surface area contributed by atoms with Gasteiger partial charge in [0.05, 0.1) is 0 Å². The molecule has 12 heavy (non-hydrogen) atoms. The summed E-state index contributed by atoms with van der Waals surface area (Å²) in [6.07, 6.45) is 3.42. The Labute approximate surface area is 80.4 Å². The third kappa shape index (κ3) is 3.82. The van der Waals surface area contributed by atoms with Gasteiger partial charge in [-0.15, -0.1) is 0 Å².